The van der Waals surface area contributed by atoms with Crippen LogP contribution in [-0.2, 0) is 9.59 Å². The smallest absolute Gasteiger partial charge is 0.148 e. The predicted octanol–water partition coefficient (Wildman–Crippen LogP) is 1.57. The molecule has 0 bridgehead atoms. The number of aliphatic imine (C=N–C) groups is 1. The van der Waals surface area contributed by atoms with Gasteiger partial charge in [-0.3, -0.25) is 14.6 Å². The molecule has 0 aliphatic heterocycles. The maximum Gasteiger partial charge on any atom is 0.148 e. The van der Waals surface area contributed by atoms with E-state index in [-0.39, 0.29) is 11.6 Å². The molecule has 0 heterocycles. The molecule has 0 atom stereocenters. The van der Waals surface area contributed by atoms with E-state index in [1.165, 1.54) is 0 Å². The molecule has 0 aromatic carbocycles. The van der Waals surface area contributed by atoms with Gasteiger partial charge < -0.3 is 0 Å². The van der Waals surface area contributed by atoms with Gasteiger partial charge in [-0.05, 0) is 13.3 Å². The molecule has 3 nitrogen and oxygen atoms in total. The van der Waals surface area contributed by atoms with Crippen molar-refractivity contribution in [1.29, 1.82) is 0 Å². The van der Waals surface area contributed by atoms with Gasteiger partial charge in [0.25, 0.3) is 0 Å². The molecule has 1 saturated carbocycles. The monoisotopic (exact) mass is 193 g/mol. The number of carbonyl (C=O) groups is 2. The molecule has 0 radical (unpaired) electrons. The molecule has 3 heteroatoms. The highest BCUT2D eigenvalue weighted by atomic mass is 16.2. The number of nitrogens with zero attached hydrogens (tertiary/aromatic N) is 1. The molecule has 1 fully saturated rings. The summed E-state index contributed by atoms with van der Waals surface area (Å²) in [5, 5.41) is 0. The van der Waals surface area contributed by atoms with Crippen LogP contribution in [0.5, 0.6) is 0 Å². The van der Waals surface area contributed by atoms with Crippen LogP contribution < -0.4 is 0 Å². The molecular formula is C11H15NO2. The number of Topliss-reactive ketones (excluding diaryl/α,β-unsaturated/α-hetero) is 2. The minimum atomic E-state index is -0.566. The standard InChI is InChI=1S/C11H15NO2/c1-3-7-12-8(2)11-9(13)5-4-6-10(11)14/h3,11H,1,4-7H2,2H3. The van der Waals surface area contributed by atoms with Gasteiger partial charge in [0.1, 0.15) is 17.5 Å². The van der Waals surface area contributed by atoms with Crippen molar-refractivity contribution < 1.29 is 9.59 Å². The van der Waals surface area contributed by atoms with Crippen LogP contribution in [0.2, 0.25) is 0 Å². The van der Waals surface area contributed by atoms with Gasteiger partial charge in [0.2, 0.25) is 0 Å². The summed E-state index contributed by atoms with van der Waals surface area (Å²) in [5.41, 5.74) is 0.639. The zero-order chi connectivity index (χ0) is 10.6. The highest BCUT2D eigenvalue weighted by molar-refractivity contribution is 6.21. The van der Waals surface area contributed by atoms with Crippen molar-refractivity contribution in [3.05, 3.63) is 12.7 Å². The van der Waals surface area contributed by atoms with E-state index in [0.717, 1.165) is 0 Å². The second kappa shape index (κ2) is 4.84. The SMILES string of the molecule is C=CCN=C(C)C1C(=O)CCCC1=O. The van der Waals surface area contributed by atoms with Crippen molar-refractivity contribution in [3.63, 3.8) is 0 Å². The third-order valence-electron chi connectivity index (χ3n) is 2.38. The summed E-state index contributed by atoms with van der Waals surface area (Å²) >= 11 is 0. The zero-order valence-electron chi connectivity index (χ0n) is 8.45. The van der Waals surface area contributed by atoms with E-state index in [1.54, 1.807) is 13.0 Å². The molecule has 1 rings (SSSR count). The Morgan fingerprint density at radius 1 is 1.50 bits per heavy atom. The van der Waals surface area contributed by atoms with E-state index in [0.29, 0.717) is 31.5 Å². The fourth-order valence-corrected chi connectivity index (χ4v) is 1.67. The second-order valence-electron chi connectivity index (χ2n) is 3.49. The summed E-state index contributed by atoms with van der Waals surface area (Å²) < 4.78 is 0. The van der Waals surface area contributed by atoms with Crippen LogP contribution in [0.4, 0.5) is 0 Å². The lowest BCUT2D eigenvalue weighted by Crippen LogP contribution is -2.34. The largest absolute Gasteiger partial charge is 0.298 e. The Kier molecular flexibility index (Phi) is 3.74. The first-order valence-electron chi connectivity index (χ1n) is 4.84. The zero-order valence-corrected chi connectivity index (χ0v) is 8.45. The Hall–Kier alpha value is -1.25. The summed E-state index contributed by atoms with van der Waals surface area (Å²) in [6.07, 6.45) is 3.37. The Balaban J connectivity index is 2.77. The molecule has 0 amide bonds. The van der Waals surface area contributed by atoms with Gasteiger partial charge in [0.15, 0.2) is 0 Å². The molecule has 0 N–H and O–H groups in total. The number of hydrogen-bond acceptors (Lipinski definition) is 3. The lowest BCUT2D eigenvalue weighted by molar-refractivity contribution is -0.132. The number of ketones is 2. The molecule has 14 heavy (non-hydrogen) atoms. The fraction of sp³-hybridized carbons (Fsp3) is 0.545. The van der Waals surface area contributed by atoms with Gasteiger partial charge in [-0.25, -0.2) is 0 Å². The summed E-state index contributed by atoms with van der Waals surface area (Å²) in [5.74, 6) is -0.526. The first-order chi connectivity index (χ1) is 6.66. The first-order valence-corrected chi connectivity index (χ1v) is 4.84. The Morgan fingerprint density at radius 2 is 2.07 bits per heavy atom. The third kappa shape index (κ3) is 2.37. The van der Waals surface area contributed by atoms with Gasteiger partial charge in [-0.1, -0.05) is 6.08 Å². The van der Waals surface area contributed by atoms with Crippen LogP contribution in [0.25, 0.3) is 0 Å². The third-order valence-corrected chi connectivity index (χ3v) is 2.38. The number of hydrogen-bond donors (Lipinski definition) is 0. The number of rotatable bonds is 3. The fourth-order valence-electron chi connectivity index (χ4n) is 1.67. The molecule has 1 aliphatic rings. The molecule has 1 aliphatic carbocycles. The highest BCUT2D eigenvalue weighted by Crippen LogP contribution is 2.18. The van der Waals surface area contributed by atoms with Crippen LogP contribution in [0, 0.1) is 5.92 Å². The molecule has 0 saturated heterocycles. The van der Waals surface area contributed by atoms with Gasteiger partial charge in [-0.2, -0.15) is 0 Å². The molecule has 0 spiro atoms. The van der Waals surface area contributed by atoms with Crippen molar-refractivity contribution in [2.75, 3.05) is 6.54 Å². The number of carbonyl (C=O) groups excluding carboxylic acids is 2. The van der Waals surface area contributed by atoms with Crippen LogP contribution in [0.1, 0.15) is 26.2 Å². The van der Waals surface area contributed by atoms with Crippen molar-refractivity contribution in [3.8, 4) is 0 Å². The quantitative estimate of drug-likeness (QED) is 0.388. The first kappa shape index (κ1) is 10.8. The summed E-state index contributed by atoms with van der Waals surface area (Å²) in [7, 11) is 0. The van der Waals surface area contributed by atoms with Crippen molar-refractivity contribution in [1.82, 2.24) is 0 Å². The van der Waals surface area contributed by atoms with Crippen molar-refractivity contribution in [2.24, 2.45) is 10.9 Å². The van der Waals surface area contributed by atoms with Crippen LogP contribution in [-0.4, -0.2) is 23.8 Å². The lowest BCUT2D eigenvalue weighted by Gasteiger charge is -2.18. The van der Waals surface area contributed by atoms with E-state index in [2.05, 4.69) is 11.6 Å². The van der Waals surface area contributed by atoms with E-state index < -0.39 is 5.92 Å². The van der Waals surface area contributed by atoms with E-state index in [4.69, 9.17) is 0 Å². The van der Waals surface area contributed by atoms with Crippen molar-refractivity contribution >= 4 is 17.3 Å². The Labute approximate surface area is 83.9 Å². The maximum absolute atomic E-state index is 11.5. The molecule has 76 valence electrons. The average Bonchev–Trinajstić information content (AvgIpc) is 2.14. The summed E-state index contributed by atoms with van der Waals surface area (Å²) in [4.78, 5) is 27.1. The normalized spacial score (nSPS) is 19.9. The molecule has 0 aromatic heterocycles. The summed E-state index contributed by atoms with van der Waals surface area (Å²) in [6.45, 7) is 5.76. The van der Waals surface area contributed by atoms with Gasteiger partial charge in [0, 0.05) is 18.6 Å². The maximum atomic E-state index is 11.5. The Bertz CT molecular complexity index is 276. The summed E-state index contributed by atoms with van der Waals surface area (Å²) in [6, 6.07) is 0. The second-order valence-corrected chi connectivity index (χ2v) is 3.49. The van der Waals surface area contributed by atoms with Crippen LogP contribution in [0.3, 0.4) is 0 Å². The van der Waals surface area contributed by atoms with E-state index in [9.17, 15) is 9.59 Å². The molecule has 0 aromatic rings. The van der Waals surface area contributed by atoms with Gasteiger partial charge in [-0.15, -0.1) is 6.58 Å². The van der Waals surface area contributed by atoms with E-state index >= 15 is 0 Å². The van der Waals surface area contributed by atoms with E-state index in [1.807, 2.05) is 0 Å². The average molecular weight is 193 g/mol. The topological polar surface area (TPSA) is 46.5 Å². The van der Waals surface area contributed by atoms with Gasteiger partial charge in [0.05, 0.1) is 6.54 Å². The van der Waals surface area contributed by atoms with Crippen LogP contribution >= 0.6 is 0 Å². The minimum absolute atomic E-state index is 0.0200. The minimum Gasteiger partial charge on any atom is -0.298 e. The molecule has 0 unspecified atom stereocenters. The Morgan fingerprint density at radius 3 is 2.57 bits per heavy atom. The molecular weight excluding hydrogens is 178 g/mol. The van der Waals surface area contributed by atoms with Crippen LogP contribution in [0.15, 0.2) is 17.6 Å². The van der Waals surface area contributed by atoms with Gasteiger partial charge >= 0.3 is 0 Å². The highest BCUT2D eigenvalue weighted by Gasteiger charge is 2.31. The predicted molar refractivity (Wildman–Crippen MR) is 55.5 cm³/mol. The van der Waals surface area contributed by atoms with Crippen molar-refractivity contribution in [2.45, 2.75) is 26.2 Å². The lowest BCUT2D eigenvalue weighted by atomic mass is 9.84.